The molecule has 0 atom stereocenters. The lowest BCUT2D eigenvalue weighted by atomic mass is 9.87. The number of halogens is 1. The summed E-state index contributed by atoms with van der Waals surface area (Å²) in [4.78, 5) is 0. The minimum atomic E-state index is -3.46. The van der Waals surface area contributed by atoms with Gasteiger partial charge in [-0.25, -0.2) is 8.42 Å². The van der Waals surface area contributed by atoms with Crippen molar-refractivity contribution in [3.8, 4) is 0 Å². The molecule has 0 N–H and O–H groups in total. The Morgan fingerprint density at radius 2 is 1.71 bits per heavy atom. The molecule has 0 spiro atoms. The van der Waals surface area contributed by atoms with Crippen molar-refractivity contribution in [2.45, 2.75) is 19.3 Å². The van der Waals surface area contributed by atoms with E-state index in [2.05, 4.69) is 0 Å². The number of benzene rings is 1. The second-order valence-corrected chi connectivity index (χ2v) is 6.71. The second-order valence-electron chi connectivity index (χ2n) is 3.93. The third kappa shape index (κ3) is 3.31. The zero-order chi connectivity index (χ0) is 10.8. The summed E-state index contributed by atoms with van der Waals surface area (Å²) in [6.45, 7) is 3.73. The first-order chi connectivity index (χ1) is 6.31. The van der Waals surface area contributed by atoms with Crippen LogP contribution in [0, 0.1) is 0 Å². The number of hydrogen-bond acceptors (Lipinski definition) is 2. The van der Waals surface area contributed by atoms with E-state index >= 15 is 0 Å². The molecule has 14 heavy (non-hydrogen) atoms. The number of rotatable bonds is 3. The molecular formula is C10H13ClO2S. The third-order valence-electron chi connectivity index (χ3n) is 2.09. The Morgan fingerprint density at radius 3 is 2.14 bits per heavy atom. The molecule has 4 heteroatoms. The highest BCUT2D eigenvalue weighted by atomic mass is 35.7. The minimum Gasteiger partial charge on any atom is -0.212 e. The maximum Gasteiger partial charge on any atom is 0.233 e. The third-order valence-corrected chi connectivity index (χ3v) is 3.48. The molecule has 0 bridgehead atoms. The molecule has 0 fully saturated rings. The zero-order valence-electron chi connectivity index (χ0n) is 8.20. The molecular weight excluding hydrogens is 220 g/mol. The van der Waals surface area contributed by atoms with Gasteiger partial charge in [-0.3, -0.25) is 0 Å². The van der Waals surface area contributed by atoms with Gasteiger partial charge in [0.25, 0.3) is 0 Å². The number of hydrogen-bond donors (Lipinski definition) is 0. The molecule has 0 heterocycles. The molecule has 0 amide bonds. The normalized spacial score (nSPS) is 12.8. The molecule has 0 saturated heterocycles. The fraction of sp³-hybridized carbons (Fsp3) is 0.400. The molecule has 0 radical (unpaired) electrons. The first kappa shape index (κ1) is 11.5. The Balaban J connectivity index is 2.97. The largest absolute Gasteiger partial charge is 0.233 e. The van der Waals surface area contributed by atoms with Crippen molar-refractivity contribution >= 4 is 19.7 Å². The summed E-state index contributed by atoms with van der Waals surface area (Å²) in [6.07, 6.45) is 0. The van der Waals surface area contributed by atoms with Crippen molar-refractivity contribution in [3.63, 3.8) is 0 Å². The van der Waals surface area contributed by atoms with E-state index in [0.717, 1.165) is 5.56 Å². The molecule has 0 aliphatic rings. The van der Waals surface area contributed by atoms with Crippen LogP contribution in [0.25, 0.3) is 0 Å². The topological polar surface area (TPSA) is 34.1 Å². The van der Waals surface area contributed by atoms with Gasteiger partial charge < -0.3 is 0 Å². The quantitative estimate of drug-likeness (QED) is 0.751. The summed E-state index contributed by atoms with van der Waals surface area (Å²) in [7, 11) is 1.78. The van der Waals surface area contributed by atoms with E-state index in [-0.39, 0.29) is 5.75 Å². The molecule has 1 rings (SSSR count). The Labute approximate surface area is 89.3 Å². The second kappa shape index (κ2) is 3.91. The highest BCUT2D eigenvalue weighted by Crippen LogP contribution is 2.25. The van der Waals surface area contributed by atoms with Crippen molar-refractivity contribution < 1.29 is 8.42 Å². The summed E-state index contributed by atoms with van der Waals surface area (Å²) in [5, 5.41) is 0. The molecule has 1 aromatic carbocycles. The maximum absolute atomic E-state index is 11.0. The maximum atomic E-state index is 11.0. The van der Waals surface area contributed by atoms with Crippen molar-refractivity contribution in [1.29, 1.82) is 0 Å². The molecule has 78 valence electrons. The van der Waals surface area contributed by atoms with Crippen LogP contribution in [-0.4, -0.2) is 14.2 Å². The van der Waals surface area contributed by atoms with Crippen molar-refractivity contribution in [2.75, 3.05) is 5.75 Å². The van der Waals surface area contributed by atoms with Gasteiger partial charge in [-0.05, 0) is 5.56 Å². The van der Waals surface area contributed by atoms with Gasteiger partial charge in [-0.2, -0.15) is 0 Å². The van der Waals surface area contributed by atoms with Crippen LogP contribution in [0.1, 0.15) is 19.4 Å². The standard InChI is InChI=1S/C10H13ClO2S/c1-10(2,8-14(11,12)13)9-6-4-3-5-7-9/h3-7H,8H2,1-2H3. The molecule has 0 saturated carbocycles. The predicted molar refractivity (Wildman–Crippen MR) is 59.1 cm³/mol. The smallest absolute Gasteiger partial charge is 0.212 e. The SMILES string of the molecule is CC(C)(CS(=O)(=O)Cl)c1ccccc1. The average molecular weight is 233 g/mol. The first-order valence-corrected chi connectivity index (χ1v) is 6.77. The van der Waals surface area contributed by atoms with Crippen LogP contribution in [0.4, 0.5) is 0 Å². The minimum absolute atomic E-state index is 0.0500. The lowest BCUT2D eigenvalue weighted by Gasteiger charge is -2.23. The van der Waals surface area contributed by atoms with E-state index in [1.807, 2.05) is 44.2 Å². The lowest BCUT2D eigenvalue weighted by Crippen LogP contribution is -2.25. The molecule has 0 aromatic heterocycles. The van der Waals surface area contributed by atoms with E-state index in [4.69, 9.17) is 10.7 Å². The first-order valence-electron chi connectivity index (χ1n) is 4.29. The van der Waals surface area contributed by atoms with Gasteiger partial charge >= 0.3 is 0 Å². The van der Waals surface area contributed by atoms with Gasteiger partial charge in [0.1, 0.15) is 0 Å². The van der Waals surface area contributed by atoms with E-state index in [1.54, 1.807) is 0 Å². The van der Waals surface area contributed by atoms with Gasteiger partial charge in [0.2, 0.25) is 9.05 Å². The summed E-state index contributed by atoms with van der Waals surface area (Å²) in [5.41, 5.74) is 0.534. The lowest BCUT2D eigenvalue weighted by molar-refractivity contribution is 0.558. The van der Waals surface area contributed by atoms with Crippen LogP contribution in [0.3, 0.4) is 0 Å². The average Bonchev–Trinajstić information content (AvgIpc) is 2.01. The van der Waals surface area contributed by atoms with E-state index in [0.29, 0.717) is 0 Å². The molecule has 2 nitrogen and oxygen atoms in total. The van der Waals surface area contributed by atoms with Gasteiger partial charge in [0.05, 0.1) is 5.75 Å². The van der Waals surface area contributed by atoms with E-state index in [9.17, 15) is 8.42 Å². The highest BCUT2D eigenvalue weighted by molar-refractivity contribution is 8.13. The van der Waals surface area contributed by atoms with Crippen molar-refractivity contribution in [1.82, 2.24) is 0 Å². The summed E-state index contributed by atoms with van der Waals surface area (Å²) < 4.78 is 22.0. The van der Waals surface area contributed by atoms with E-state index in [1.165, 1.54) is 0 Å². The summed E-state index contributed by atoms with van der Waals surface area (Å²) in [5.74, 6) is -0.0500. The highest BCUT2D eigenvalue weighted by Gasteiger charge is 2.26. The molecule has 0 unspecified atom stereocenters. The monoisotopic (exact) mass is 232 g/mol. The zero-order valence-corrected chi connectivity index (χ0v) is 9.77. The van der Waals surface area contributed by atoms with Gasteiger partial charge in [0, 0.05) is 16.1 Å². The van der Waals surface area contributed by atoms with Gasteiger partial charge in [-0.1, -0.05) is 44.2 Å². The Morgan fingerprint density at radius 1 is 1.21 bits per heavy atom. The van der Waals surface area contributed by atoms with Crippen LogP contribution in [-0.2, 0) is 14.5 Å². The predicted octanol–water partition coefficient (Wildman–Crippen LogP) is 2.53. The fourth-order valence-electron chi connectivity index (χ4n) is 1.40. The molecule has 1 aromatic rings. The van der Waals surface area contributed by atoms with Crippen molar-refractivity contribution in [3.05, 3.63) is 35.9 Å². The van der Waals surface area contributed by atoms with Gasteiger partial charge in [0.15, 0.2) is 0 Å². The Bertz CT molecular complexity index is 395. The van der Waals surface area contributed by atoms with Gasteiger partial charge in [-0.15, -0.1) is 0 Å². The van der Waals surface area contributed by atoms with Crippen molar-refractivity contribution in [2.24, 2.45) is 0 Å². The summed E-state index contributed by atoms with van der Waals surface area (Å²) in [6, 6.07) is 9.48. The van der Waals surface area contributed by atoms with Crippen LogP contribution < -0.4 is 0 Å². The van der Waals surface area contributed by atoms with Crippen LogP contribution in [0.5, 0.6) is 0 Å². The summed E-state index contributed by atoms with van der Waals surface area (Å²) >= 11 is 0. The van der Waals surface area contributed by atoms with Crippen LogP contribution in [0.15, 0.2) is 30.3 Å². The Kier molecular flexibility index (Phi) is 3.22. The molecule has 0 aliphatic carbocycles. The molecule has 0 aliphatic heterocycles. The van der Waals surface area contributed by atoms with Crippen LogP contribution >= 0.6 is 10.7 Å². The fourth-order valence-corrected chi connectivity index (χ4v) is 3.25. The van der Waals surface area contributed by atoms with E-state index < -0.39 is 14.5 Å². The van der Waals surface area contributed by atoms with Crippen LogP contribution in [0.2, 0.25) is 0 Å². The Hall–Kier alpha value is -0.540.